The van der Waals surface area contributed by atoms with Crippen molar-refractivity contribution in [2.75, 3.05) is 29.4 Å². The maximum absolute atomic E-state index is 13.4. The van der Waals surface area contributed by atoms with Crippen molar-refractivity contribution in [2.45, 2.75) is 25.3 Å². The molecule has 0 aliphatic carbocycles. The highest BCUT2D eigenvalue weighted by Crippen LogP contribution is 2.37. The lowest BCUT2D eigenvalue weighted by Crippen LogP contribution is -2.53. The predicted molar refractivity (Wildman–Crippen MR) is 104 cm³/mol. The van der Waals surface area contributed by atoms with Gasteiger partial charge in [0.1, 0.15) is 5.82 Å². The van der Waals surface area contributed by atoms with Crippen molar-refractivity contribution in [3.05, 3.63) is 46.6 Å². The van der Waals surface area contributed by atoms with Gasteiger partial charge in [0, 0.05) is 31.9 Å². The van der Waals surface area contributed by atoms with E-state index in [0.717, 1.165) is 18.2 Å². The van der Waals surface area contributed by atoms with Crippen LogP contribution in [0.4, 0.5) is 38.1 Å². The number of H-pyrrole nitrogens is 1. The van der Waals surface area contributed by atoms with E-state index >= 15 is 0 Å². The highest BCUT2D eigenvalue weighted by Gasteiger charge is 2.38. The van der Waals surface area contributed by atoms with Crippen molar-refractivity contribution in [3.8, 4) is 0 Å². The number of nitrogens with one attached hydrogen (secondary N) is 1. The van der Waals surface area contributed by atoms with Gasteiger partial charge < -0.3 is 14.8 Å². The SMILES string of the molecule is C[C@@H]1CN(c2nc3cc(C(F)(F)F)cc(Cl)c3[nH]2)CCN1c1ncccc1C(F)(F)F. The van der Waals surface area contributed by atoms with Gasteiger partial charge in [-0.05, 0) is 31.2 Å². The molecule has 5 nitrogen and oxygen atoms in total. The first-order valence-corrected chi connectivity index (χ1v) is 9.63. The van der Waals surface area contributed by atoms with E-state index in [1.807, 2.05) is 0 Å². The number of halogens is 7. The predicted octanol–water partition coefficient (Wildman–Crippen LogP) is 5.36. The Bertz CT molecular complexity index is 1110. The molecule has 1 fully saturated rings. The van der Waals surface area contributed by atoms with Crippen molar-refractivity contribution in [1.29, 1.82) is 0 Å². The van der Waals surface area contributed by atoms with Crippen LogP contribution in [-0.2, 0) is 12.4 Å². The minimum Gasteiger partial charge on any atom is -0.350 e. The van der Waals surface area contributed by atoms with Gasteiger partial charge >= 0.3 is 12.4 Å². The van der Waals surface area contributed by atoms with Crippen LogP contribution in [0.15, 0.2) is 30.5 Å². The Morgan fingerprint density at radius 3 is 2.48 bits per heavy atom. The van der Waals surface area contributed by atoms with E-state index in [9.17, 15) is 26.3 Å². The summed E-state index contributed by atoms with van der Waals surface area (Å²) in [7, 11) is 0. The lowest BCUT2D eigenvalue weighted by Gasteiger charge is -2.41. The first kappa shape index (κ1) is 21.5. The number of rotatable bonds is 2. The molecule has 4 rings (SSSR count). The second-order valence-corrected chi connectivity index (χ2v) is 7.68. The Kier molecular flexibility index (Phi) is 5.19. The van der Waals surface area contributed by atoms with Crippen molar-refractivity contribution in [2.24, 2.45) is 0 Å². The number of hydrogen-bond donors (Lipinski definition) is 1. The summed E-state index contributed by atoms with van der Waals surface area (Å²) in [6.07, 6.45) is -7.79. The molecule has 0 saturated carbocycles. The van der Waals surface area contributed by atoms with Crippen LogP contribution in [0.2, 0.25) is 5.02 Å². The zero-order valence-electron chi connectivity index (χ0n) is 16.0. The van der Waals surface area contributed by atoms with E-state index in [2.05, 4.69) is 15.0 Å². The van der Waals surface area contributed by atoms with E-state index < -0.39 is 23.5 Å². The number of pyridine rings is 1. The Morgan fingerprint density at radius 2 is 1.84 bits per heavy atom. The van der Waals surface area contributed by atoms with Gasteiger partial charge in [0.05, 0.1) is 27.2 Å². The number of anilines is 2. The van der Waals surface area contributed by atoms with Gasteiger partial charge in [-0.25, -0.2) is 9.97 Å². The quantitative estimate of drug-likeness (QED) is 0.519. The van der Waals surface area contributed by atoms with Gasteiger partial charge in [-0.15, -0.1) is 0 Å². The van der Waals surface area contributed by atoms with E-state index in [0.29, 0.717) is 12.5 Å². The third-order valence-corrected chi connectivity index (χ3v) is 5.45. The number of piperazine rings is 1. The minimum atomic E-state index is -4.56. The summed E-state index contributed by atoms with van der Waals surface area (Å²) in [6, 6.07) is 3.59. The molecule has 0 amide bonds. The zero-order chi connectivity index (χ0) is 22.6. The van der Waals surface area contributed by atoms with Crippen LogP contribution in [0.3, 0.4) is 0 Å². The molecule has 0 bridgehead atoms. The average Bonchev–Trinajstić information content (AvgIpc) is 3.11. The first-order valence-electron chi connectivity index (χ1n) is 9.25. The standard InChI is InChI=1S/C19H16ClF6N5/c1-10-9-30(5-6-31(10)16-12(19(24,25)26)3-2-4-27-16)17-28-14-8-11(18(21,22)23)7-13(20)15(14)29-17/h2-4,7-8,10H,5-6,9H2,1H3,(H,28,29)/t10-/m1/s1. The van der Waals surface area contributed by atoms with Crippen LogP contribution in [0, 0.1) is 0 Å². The number of imidazole rings is 1. The van der Waals surface area contributed by atoms with Crippen molar-refractivity contribution in [3.63, 3.8) is 0 Å². The number of fused-ring (bicyclic) bond motifs is 1. The number of aromatic amines is 1. The molecule has 1 aromatic carbocycles. The average molecular weight is 464 g/mol. The first-order chi connectivity index (χ1) is 14.4. The van der Waals surface area contributed by atoms with Crippen molar-refractivity contribution < 1.29 is 26.3 Å². The van der Waals surface area contributed by atoms with Crippen LogP contribution < -0.4 is 9.80 Å². The maximum Gasteiger partial charge on any atom is 0.419 e. The summed E-state index contributed by atoms with van der Waals surface area (Å²) in [4.78, 5) is 14.4. The third kappa shape index (κ3) is 4.10. The third-order valence-electron chi connectivity index (χ3n) is 5.15. The summed E-state index contributed by atoms with van der Waals surface area (Å²) in [5.74, 6) is 0.157. The highest BCUT2D eigenvalue weighted by molar-refractivity contribution is 6.35. The van der Waals surface area contributed by atoms with Gasteiger partial charge in [0.15, 0.2) is 0 Å². The molecule has 0 spiro atoms. The van der Waals surface area contributed by atoms with Crippen LogP contribution in [0.1, 0.15) is 18.1 Å². The van der Waals surface area contributed by atoms with Gasteiger partial charge in [0.2, 0.25) is 5.95 Å². The van der Waals surface area contributed by atoms with Crippen LogP contribution in [0.5, 0.6) is 0 Å². The number of benzene rings is 1. The molecule has 31 heavy (non-hydrogen) atoms. The summed E-state index contributed by atoms with van der Waals surface area (Å²) >= 11 is 6.00. The molecule has 3 aromatic rings. The molecule has 3 heterocycles. The normalized spacial score (nSPS) is 18.1. The largest absolute Gasteiger partial charge is 0.419 e. The molecule has 12 heteroatoms. The fourth-order valence-electron chi connectivity index (χ4n) is 3.68. The molecule has 1 aliphatic rings. The van der Waals surface area contributed by atoms with E-state index in [1.165, 1.54) is 12.3 Å². The maximum atomic E-state index is 13.4. The molecular weight excluding hydrogens is 448 g/mol. The summed E-state index contributed by atoms with van der Waals surface area (Å²) in [5.41, 5.74) is -1.39. The number of alkyl halides is 6. The number of nitrogens with zero attached hydrogens (tertiary/aromatic N) is 4. The Balaban J connectivity index is 1.60. The molecule has 1 N–H and O–H groups in total. The Labute approximate surface area is 177 Å². The second-order valence-electron chi connectivity index (χ2n) is 7.27. The molecule has 0 unspecified atom stereocenters. The smallest absolute Gasteiger partial charge is 0.350 e. The number of aromatic nitrogens is 3. The topological polar surface area (TPSA) is 48.1 Å². The monoisotopic (exact) mass is 463 g/mol. The van der Waals surface area contributed by atoms with E-state index in [4.69, 9.17) is 11.6 Å². The van der Waals surface area contributed by atoms with Gasteiger partial charge in [-0.2, -0.15) is 26.3 Å². The van der Waals surface area contributed by atoms with Crippen LogP contribution in [0.25, 0.3) is 11.0 Å². The Hall–Kier alpha value is -2.69. The minimum absolute atomic E-state index is 0.0639. The zero-order valence-corrected chi connectivity index (χ0v) is 16.8. The van der Waals surface area contributed by atoms with Crippen molar-refractivity contribution in [1.82, 2.24) is 15.0 Å². The number of hydrogen-bond acceptors (Lipinski definition) is 4. The van der Waals surface area contributed by atoms with Gasteiger partial charge in [-0.1, -0.05) is 11.6 Å². The molecular formula is C19H16ClF6N5. The van der Waals surface area contributed by atoms with Crippen molar-refractivity contribution >= 4 is 34.4 Å². The van der Waals surface area contributed by atoms with Gasteiger partial charge in [-0.3, -0.25) is 0 Å². The second kappa shape index (κ2) is 7.47. The molecule has 0 radical (unpaired) electrons. The lowest BCUT2D eigenvalue weighted by atomic mass is 10.1. The molecule has 1 saturated heterocycles. The fourth-order valence-corrected chi connectivity index (χ4v) is 3.94. The van der Waals surface area contributed by atoms with Gasteiger partial charge in [0.25, 0.3) is 0 Å². The Morgan fingerprint density at radius 1 is 1.10 bits per heavy atom. The summed E-state index contributed by atoms with van der Waals surface area (Å²) in [6.45, 7) is 2.55. The van der Waals surface area contributed by atoms with Crippen LogP contribution >= 0.6 is 11.6 Å². The molecule has 166 valence electrons. The lowest BCUT2D eigenvalue weighted by molar-refractivity contribution is -0.138. The van der Waals surface area contributed by atoms with E-state index in [-0.39, 0.29) is 41.0 Å². The molecule has 1 atom stereocenters. The highest BCUT2D eigenvalue weighted by atomic mass is 35.5. The summed E-state index contributed by atoms with van der Waals surface area (Å²) < 4.78 is 79.2. The molecule has 1 aliphatic heterocycles. The summed E-state index contributed by atoms with van der Waals surface area (Å²) in [5, 5.41) is -0.112. The molecule has 2 aromatic heterocycles. The van der Waals surface area contributed by atoms with E-state index in [1.54, 1.807) is 16.7 Å². The fraction of sp³-hybridized carbons (Fsp3) is 0.368. The van der Waals surface area contributed by atoms with Crippen LogP contribution in [-0.4, -0.2) is 40.6 Å².